The van der Waals surface area contributed by atoms with Crippen LogP contribution >= 0.6 is 0 Å². The Morgan fingerprint density at radius 3 is 2.57 bits per heavy atom. The summed E-state index contributed by atoms with van der Waals surface area (Å²) in [7, 11) is 0. The van der Waals surface area contributed by atoms with Gasteiger partial charge >= 0.3 is 0 Å². The zero-order valence-electron chi connectivity index (χ0n) is 8.11. The zero-order chi connectivity index (χ0) is 10.2. The molecule has 0 amide bonds. The number of hydrogen-bond acceptors (Lipinski definition) is 2. The van der Waals surface area contributed by atoms with E-state index in [1.165, 1.54) is 0 Å². The monoisotopic (exact) mass is 190 g/mol. The van der Waals surface area contributed by atoms with Gasteiger partial charge in [0.05, 0.1) is 0 Å². The largest absolute Gasteiger partial charge is 0.303 e. The maximum absolute atomic E-state index is 11.4. The molecule has 0 bridgehead atoms. The van der Waals surface area contributed by atoms with Crippen molar-refractivity contribution >= 4 is 12.1 Å². The van der Waals surface area contributed by atoms with Gasteiger partial charge in [-0.05, 0) is 12.0 Å². The number of unbranched alkanes of at least 4 members (excludes halogenated alkanes) is 1. The van der Waals surface area contributed by atoms with E-state index in [1.807, 2.05) is 30.3 Å². The lowest BCUT2D eigenvalue weighted by atomic mass is 10.1. The normalized spacial score (nSPS) is 9.71. The molecule has 0 aliphatic rings. The summed E-state index contributed by atoms with van der Waals surface area (Å²) in [4.78, 5) is 21.4. The molecule has 74 valence electrons. The van der Waals surface area contributed by atoms with E-state index in [-0.39, 0.29) is 5.78 Å². The van der Waals surface area contributed by atoms with E-state index in [2.05, 4.69) is 0 Å². The van der Waals surface area contributed by atoms with Crippen molar-refractivity contribution < 1.29 is 9.59 Å². The quantitative estimate of drug-likeness (QED) is 0.509. The van der Waals surface area contributed by atoms with E-state index in [0.29, 0.717) is 25.7 Å². The highest BCUT2D eigenvalue weighted by Gasteiger charge is 2.02. The maximum Gasteiger partial charge on any atom is 0.137 e. The topological polar surface area (TPSA) is 34.1 Å². The molecule has 0 aliphatic carbocycles. The second-order valence-corrected chi connectivity index (χ2v) is 3.26. The third-order valence-corrected chi connectivity index (χ3v) is 2.02. The van der Waals surface area contributed by atoms with Crippen molar-refractivity contribution in [2.45, 2.75) is 25.7 Å². The predicted octanol–water partition coefficient (Wildman–Crippen LogP) is 2.17. The van der Waals surface area contributed by atoms with Crippen LogP contribution in [0.15, 0.2) is 30.3 Å². The lowest BCUT2D eigenvalue weighted by molar-refractivity contribution is -0.118. The number of carbonyl (C=O) groups is 2. The summed E-state index contributed by atoms with van der Waals surface area (Å²) in [5.41, 5.74) is 1.05. The molecule has 0 radical (unpaired) electrons. The van der Waals surface area contributed by atoms with Gasteiger partial charge in [-0.2, -0.15) is 0 Å². The Morgan fingerprint density at radius 2 is 1.93 bits per heavy atom. The van der Waals surface area contributed by atoms with Crippen molar-refractivity contribution in [1.82, 2.24) is 0 Å². The first-order valence-electron chi connectivity index (χ1n) is 4.82. The van der Waals surface area contributed by atoms with E-state index in [9.17, 15) is 9.59 Å². The Labute approximate surface area is 83.9 Å². The SMILES string of the molecule is O=CCCCC(=O)Cc1ccccc1. The van der Waals surface area contributed by atoms with Crippen molar-refractivity contribution in [2.24, 2.45) is 0 Å². The summed E-state index contributed by atoms with van der Waals surface area (Å²) in [5, 5.41) is 0. The number of carbonyl (C=O) groups excluding carboxylic acids is 2. The molecule has 0 aromatic heterocycles. The van der Waals surface area contributed by atoms with E-state index in [1.54, 1.807) is 0 Å². The molecule has 0 heterocycles. The Bertz CT molecular complexity index is 290. The Kier molecular flexibility index (Phi) is 4.62. The maximum atomic E-state index is 11.4. The van der Waals surface area contributed by atoms with Crippen LogP contribution < -0.4 is 0 Å². The van der Waals surface area contributed by atoms with Crippen molar-refractivity contribution in [3.63, 3.8) is 0 Å². The summed E-state index contributed by atoms with van der Waals surface area (Å²) < 4.78 is 0. The molecule has 1 aromatic rings. The molecule has 0 saturated heterocycles. The summed E-state index contributed by atoms with van der Waals surface area (Å²) in [6, 6.07) is 9.66. The number of Topliss-reactive ketones (excluding diaryl/α,β-unsaturated/α-hetero) is 1. The zero-order valence-corrected chi connectivity index (χ0v) is 8.11. The van der Waals surface area contributed by atoms with Gasteiger partial charge in [0.2, 0.25) is 0 Å². The number of aldehydes is 1. The fourth-order valence-corrected chi connectivity index (χ4v) is 1.29. The van der Waals surface area contributed by atoms with E-state index in [4.69, 9.17) is 0 Å². The van der Waals surface area contributed by atoms with Crippen molar-refractivity contribution in [3.05, 3.63) is 35.9 Å². The molecular formula is C12H14O2. The van der Waals surface area contributed by atoms with Crippen LogP contribution in [0.25, 0.3) is 0 Å². The minimum absolute atomic E-state index is 0.207. The minimum atomic E-state index is 0.207. The van der Waals surface area contributed by atoms with Crippen LogP contribution in [0.4, 0.5) is 0 Å². The van der Waals surface area contributed by atoms with Gasteiger partial charge in [-0.15, -0.1) is 0 Å². The third kappa shape index (κ3) is 3.99. The fourth-order valence-electron chi connectivity index (χ4n) is 1.29. The van der Waals surface area contributed by atoms with Crippen molar-refractivity contribution in [1.29, 1.82) is 0 Å². The molecule has 1 aromatic carbocycles. The first kappa shape index (κ1) is 10.6. The van der Waals surface area contributed by atoms with Gasteiger partial charge in [0.15, 0.2) is 0 Å². The minimum Gasteiger partial charge on any atom is -0.303 e. The molecule has 0 N–H and O–H groups in total. The van der Waals surface area contributed by atoms with Crippen LogP contribution in [0.3, 0.4) is 0 Å². The smallest absolute Gasteiger partial charge is 0.137 e. The van der Waals surface area contributed by atoms with Crippen LogP contribution in [-0.4, -0.2) is 12.1 Å². The molecule has 1 rings (SSSR count). The van der Waals surface area contributed by atoms with Crippen LogP contribution in [0.5, 0.6) is 0 Å². The van der Waals surface area contributed by atoms with Crippen LogP contribution in [0, 0.1) is 0 Å². The highest BCUT2D eigenvalue weighted by molar-refractivity contribution is 5.80. The molecule has 2 nitrogen and oxygen atoms in total. The number of ketones is 1. The Morgan fingerprint density at radius 1 is 1.21 bits per heavy atom. The number of hydrogen-bond donors (Lipinski definition) is 0. The van der Waals surface area contributed by atoms with E-state index >= 15 is 0 Å². The summed E-state index contributed by atoms with van der Waals surface area (Å²) in [6.07, 6.45) is 3.01. The molecule has 0 unspecified atom stereocenters. The summed E-state index contributed by atoms with van der Waals surface area (Å²) in [5.74, 6) is 0.207. The fraction of sp³-hybridized carbons (Fsp3) is 0.333. The van der Waals surface area contributed by atoms with E-state index in [0.717, 1.165) is 11.8 Å². The lowest BCUT2D eigenvalue weighted by Crippen LogP contribution is -2.02. The number of benzene rings is 1. The van der Waals surface area contributed by atoms with E-state index < -0.39 is 0 Å². The predicted molar refractivity (Wildman–Crippen MR) is 55.1 cm³/mol. The Balaban J connectivity index is 2.31. The average molecular weight is 190 g/mol. The van der Waals surface area contributed by atoms with Crippen molar-refractivity contribution in [3.8, 4) is 0 Å². The molecule has 0 atom stereocenters. The van der Waals surface area contributed by atoms with Crippen LogP contribution in [0.2, 0.25) is 0 Å². The first-order valence-corrected chi connectivity index (χ1v) is 4.82. The molecule has 0 fully saturated rings. The van der Waals surface area contributed by atoms with Gasteiger partial charge < -0.3 is 4.79 Å². The molecule has 14 heavy (non-hydrogen) atoms. The van der Waals surface area contributed by atoms with Gasteiger partial charge in [0, 0.05) is 19.3 Å². The molecule has 0 saturated carbocycles. The molecule has 0 aliphatic heterocycles. The van der Waals surface area contributed by atoms with Gasteiger partial charge in [-0.1, -0.05) is 30.3 Å². The highest BCUT2D eigenvalue weighted by atomic mass is 16.1. The first-order chi connectivity index (χ1) is 6.83. The lowest BCUT2D eigenvalue weighted by Gasteiger charge is -1.99. The third-order valence-electron chi connectivity index (χ3n) is 2.02. The molecule has 0 spiro atoms. The average Bonchev–Trinajstić information content (AvgIpc) is 2.20. The second-order valence-electron chi connectivity index (χ2n) is 3.26. The van der Waals surface area contributed by atoms with Gasteiger partial charge in [-0.3, -0.25) is 4.79 Å². The van der Waals surface area contributed by atoms with Gasteiger partial charge in [0.1, 0.15) is 12.1 Å². The van der Waals surface area contributed by atoms with Gasteiger partial charge in [-0.25, -0.2) is 0 Å². The summed E-state index contributed by atoms with van der Waals surface area (Å²) >= 11 is 0. The number of rotatable bonds is 6. The standard InChI is InChI=1S/C12H14O2/c13-9-5-4-8-12(14)10-11-6-2-1-3-7-11/h1-3,6-7,9H,4-5,8,10H2. The van der Waals surface area contributed by atoms with Gasteiger partial charge in [0.25, 0.3) is 0 Å². The van der Waals surface area contributed by atoms with Crippen molar-refractivity contribution in [2.75, 3.05) is 0 Å². The highest BCUT2D eigenvalue weighted by Crippen LogP contribution is 2.03. The molecule has 2 heteroatoms. The second kappa shape index (κ2) is 6.08. The van der Waals surface area contributed by atoms with Crippen LogP contribution in [0.1, 0.15) is 24.8 Å². The summed E-state index contributed by atoms with van der Waals surface area (Å²) in [6.45, 7) is 0. The Hall–Kier alpha value is -1.44. The van der Waals surface area contributed by atoms with Crippen LogP contribution in [-0.2, 0) is 16.0 Å². The molecular weight excluding hydrogens is 176 g/mol.